The number of halogens is 3. The lowest BCUT2D eigenvalue weighted by Gasteiger charge is -2.22. The molecule has 1 aromatic heterocycles. The normalized spacial score (nSPS) is 10.8. The van der Waals surface area contributed by atoms with Crippen molar-refractivity contribution in [3.05, 3.63) is 24.3 Å². The maximum absolute atomic E-state index is 12.3. The number of hydrogen-bond donors (Lipinski definition) is 0. The summed E-state index contributed by atoms with van der Waals surface area (Å²) in [7, 11) is 0. The molecule has 5 nitrogen and oxygen atoms in total. The van der Waals surface area contributed by atoms with Crippen molar-refractivity contribution in [3.63, 3.8) is 0 Å². The molecule has 0 aliphatic carbocycles. The summed E-state index contributed by atoms with van der Waals surface area (Å²) in [5.41, 5.74) is -0.0420. The van der Waals surface area contributed by atoms with Crippen molar-refractivity contribution >= 4 is 5.91 Å². The monoisotopic (exact) mass is 258 g/mol. The number of alkyl halides is 3. The molecular formula is C10H9F3N4O. The lowest BCUT2D eigenvalue weighted by atomic mass is 10.2. The van der Waals surface area contributed by atoms with Gasteiger partial charge in [0.2, 0.25) is 0 Å². The van der Waals surface area contributed by atoms with Crippen LogP contribution in [0.15, 0.2) is 18.7 Å². The molecule has 0 bridgehead atoms. The maximum Gasteiger partial charge on any atom is 0.406 e. The fraction of sp³-hybridized carbons (Fsp3) is 0.400. The number of hydrogen-bond acceptors (Lipinski definition) is 4. The third-order valence-corrected chi connectivity index (χ3v) is 1.96. The Morgan fingerprint density at radius 3 is 2.50 bits per heavy atom. The van der Waals surface area contributed by atoms with Crippen LogP contribution in [0, 0.1) is 11.3 Å². The Hall–Kier alpha value is -2.17. The van der Waals surface area contributed by atoms with Gasteiger partial charge in [0, 0.05) is 18.9 Å². The Balaban J connectivity index is 2.83. The first-order valence-corrected chi connectivity index (χ1v) is 4.92. The number of carbonyl (C=O) groups is 1. The van der Waals surface area contributed by atoms with E-state index in [1.165, 1.54) is 6.33 Å². The van der Waals surface area contributed by atoms with E-state index in [0.29, 0.717) is 4.90 Å². The third kappa shape index (κ3) is 4.37. The topological polar surface area (TPSA) is 69.9 Å². The highest BCUT2D eigenvalue weighted by molar-refractivity contribution is 5.93. The molecule has 1 heterocycles. The molecule has 1 amide bonds. The minimum Gasteiger partial charge on any atom is -0.328 e. The molecule has 0 aliphatic rings. The molecule has 0 saturated carbocycles. The van der Waals surface area contributed by atoms with Gasteiger partial charge in [-0.3, -0.25) is 4.79 Å². The predicted molar refractivity (Wildman–Crippen MR) is 54.2 cm³/mol. The first kappa shape index (κ1) is 13.9. The zero-order valence-corrected chi connectivity index (χ0v) is 9.18. The van der Waals surface area contributed by atoms with Crippen LogP contribution in [0.3, 0.4) is 0 Å². The molecule has 18 heavy (non-hydrogen) atoms. The molecule has 8 heteroatoms. The van der Waals surface area contributed by atoms with E-state index in [2.05, 4.69) is 9.97 Å². The average molecular weight is 258 g/mol. The maximum atomic E-state index is 12.3. The van der Waals surface area contributed by atoms with E-state index in [1.807, 2.05) is 0 Å². The fourth-order valence-electron chi connectivity index (χ4n) is 1.25. The lowest BCUT2D eigenvalue weighted by molar-refractivity contribution is -0.140. The zero-order valence-electron chi connectivity index (χ0n) is 9.18. The van der Waals surface area contributed by atoms with Crippen LogP contribution >= 0.6 is 0 Å². The highest BCUT2D eigenvalue weighted by Gasteiger charge is 2.33. The van der Waals surface area contributed by atoms with Crippen LogP contribution in [0.4, 0.5) is 13.2 Å². The molecule has 0 aliphatic heterocycles. The van der Waals surface area contributed by atoms with Crippen molar-refractivity contribution in [2.45, 2.75) is 12.6 Å². The number of rotatable bonds is 4. The summed E-state index contributed by atoms with van der Waals surface area (Å²) in [6, 6.07) is 1.70. The number of carbonyl (C=O) groups excluding carboxylic acids is 1. The number of aromatic nitrogens is 2. The van der Waals surface area contributed by atoms with Gasteiger partial charge in [0.1, 0.15) is 12.9 Å². The Labute approximate surface area is 101 Å². The van der Waals surface area contributed by atoms with Gasteiger partial charge in [-0.1, -0.05) is 0 Å². The molecule has 0 N–H and O–H groups in total. The van der Waals surface area contributed by atoms with Gasteiger partial charge in [0.15, 0.2) is 0 Å². The van der Waals surface area contributed by atoms with Gasteiger partial charge in [-0.05, 0) is 0 Å². The van der Waals surface area contributed by atoms with Crippen molar-refractivity contribution in [1.82, 2.24) is 14.9 Å². The van der Waals surface area contributed by atoms with Crippen molar-refractivity contribution in [1.29, 1.82) is 5.26 Å². The van der Waals surface area contributed by atoms with E-state index in [4.69, 9.17) is 5.26 Å². The summed E-state index contributed by atoms with van der Waals surface area (Å²) in [5.74, 6) is -0.844. The second-order valence-electron chi connectivity index (χ2n) is 3.38. The SMILES string of the molecule is N#CCCN(CC(F)(F)F)C(=O)c1cncnc1. The van der Waals surface area contributed by atoms with Gasteiger partial charge >= 0.3 is 6.18 Å². The highest BCUT2D eigenvalue weighted by Crippen LogP contribution is 2.18. The van der Waals surface area contributed by atoms with Gasteiger partial charge in [0.05, 0.1) is 18.1 Å². The first-order chi connectivity index (χ1) is 8.44. The predicted octanol–water partition coefficient (Wildman–Crippen LogP) is 1.39. The summed E-state index contributed by atoms with van der Waals surface area (Å²) < 4.78 is 36.9. The van der Waals surface area contributed by atoms with Crippen molar-refractivity contribution in [2.75, 3.05) is 13.1 Å². The van der Waals surface area contributed by atoms with E-state index in [-0.39, 0.29) is 18.5 Å². The van der Waals surface area contributed by atoms with Gasteiger partial charge in [0.25, 0.3) is 5.91 Å². The fourth-order valence-corrected chi connectivity index (χ4v) is 1.25. The summed E-state index contributed by atoms with van der Waals surface area (Å²) in [4.78, 5) is 19.4. The summed E-state index contributed by atoms with van der Waals surface area (Å²) in [6.07, 6.45) is -1.26. The van der Waals surface area contributed by atoms with E-state index in [0.717, 1.165) is 12.4 Å². The zero-order chi connectivity index (χ0) is 13.6. The quantitative estimate of drug-likeness (QED) is 0.818. The van der Waals surface area contributed by atoms with Gasteiger partial charge in [-0.15, -0.1) is 0 Å². The Bertz CT molecular complexity index is 441. The summed E-state index contributed by atoms with van der Waals surface area (Å²) >= 11 is 0. The molecule has 0 spiro atoms. The van der Waals surface area contributed by atoms with Gasteiger partial charge in [-0.2, -0.15) is 18.4 Å². The number of nitrogens with zero attached hydrogens (tertiary/aromatic N) is 4. The third-order valence-electron chi connectivity index (χ3n) is 1.96. The molecule has 96 valence electrons. The van der Waals surface area contributed by atoms with E-state index < -0.39 is 18.6 Å². The second-order valence-corrected chi connectivity index (χ2v) is 3.38. The van der Waals surface area contributed by atoms with E-state index in [1.54, 1.807) is 6.07 Å². The molecule has 0 radical (unpaired) electrons. The van der Waals surface area contributed by atoms with Crippen LogP contribution in [0.5, 0.6) is 0 Å². The smallest absolute Gasteiger partial charge is 0.328 e. The Morgan fingerprint density at radius 1 is 1.39 bits per heavy atom. The molecule has 1 rings (SSSR count). The Kier molecular flexibility index (Phi) is 4.59. The van der Waals surface area contributed by atoms with Crippen LogP contribution in [0.2, 0.25) is 0 Å². The Morgan fingerprint density at radius 2 is 2.00 bits per heavy atom. The van der Waals surface area contributed by atoms with Crippen molar-refractivity contribution in [3.8, 4) is 6.07 Å². The van der Waals surface area contributed by atoms with Gasteiger partial charge < -0.3 is 4.90 Å². The molecule has 1 aromatic rings. The largest absolute Gasteiger partial charge is 0.406 e. The molecule has 0 atom stereocenters. The summed E-state index contributed by atoms with van der Waals surface area (Å²) in [5, 5.41) is 8.37. The molecule has 0 unspecified atom stereocenters. The van der Waals surface area contributed by atoms with Crippen LogP contribution < -0.4 is 0 Å². The molecule has 0 saturated heterocycles. The second kappa shape index (κ2) is 5.95. The molecule has 0 aromatic carbocycles. The van der Waals surface area contributed by atoms with Crippen LogP contribution in [0.25, 0.3) is 0 Å². The van der Waals surface area contributed by atoms with Crippen LogP contribution in [-0.4, -0.2) is 40.0 Å². The summed E-state index contributed by atoms with van der Waals surface area (Å²) in [6.45, 7) is -1.69. The van der Waals surface area contributed by atoms with Crippen molar-refractivity contribution < 1.29 is 18.0 Å². The molecular weight excluding hydrogens is 249 g/mol. The van der Waals surface area contributed by atoms with E-state index >= 15 is 0 Å². The standard InChI is InChI=1S/C10H9F3N4O/c11-10(12,13)6-17(3-1-2-14)9(18)8-4-15-7-16-5-8/h4-5,7H,1,3,6H2. The number of amides is 1. The van der Waals surface area contributed by atoms with Crippen LogP contribution in [-0.2, 0) is 0 Å². The van der Waals surface area contributed by atoms with Crippen molar-refractivity contribution in [2.24, 2.45) is 0 Å². The first-order valence-electron chi connectivity index (χ1n) is 4.92. The minimum atomic E-state index is -4.51. The van der Waals surface area contributed by atoms with Gasteiger partial charge in [-0.25, -0.2) is 9.97 Å². The number of nitriles is 1. The minimum absolute atomic E-state index is 0.0420. The average Bonchev–Trinajstić information content (AvgIpc) is 2.33. The van der Waals surface area contributed by atoms with Crippen LogP contribution in [0.1, 0.15) is 16.8 Å². The lowest BCUT2D eigenvalue weighted by Crippen LogP contribution is -2.39. The highest BCUT2D eigenvalue weighted by atomic mass is 19.4. The van der Waals surface area contributed by atoms with E-state index in [9.17, 15) is 18.0 Å². The molecule has 0 fully saturated rings.